The van der Waals surface area contributed by atoms with Crippen molar-refractivity contribution in [2.45, 2.75) is 5.41 Å². The molecule has 0 unspecified atom stereocenters. The van der Waals surface area contributed by atoms with Crippen LogP contribution in [0.5, 0.6) is 0 Å². The van der Waals surface area contributed by atoms with Gasteiger partial charge < -0.3 is 9.13 Å². The van der Waals surface area contributed by atoms with Crippen molar-refractivity contribution in [1.29, 1.82) is 0 Å². The van der Waals surface area contributed by atoms with Crippen LogP contribution in [-0.2, 0) is 5.41 Å². The van der Waals surface area contributed by atoms with Crippen LogP contribution in [0.2, 0.25) is 0 Å². The van der Waals surface area contributed by atoms with Crippen molar-refractivity contribution in [1.82, 2.24) is 9.13 Å². The first-order valence-corrected chi connectivity index (χ1v) is 21.8. The second-order valence-corrected chi connectivity index (χ2v) is 16.8. The Hall–Kier alpha value is -8.20. The number of hydrogen-bond donors (Lipinski definition) is 0. The molecule has 0 radical (unpaired) electrons. The van der Waals surface area contributed by atoms with Gasteiger partial charge in [0, 0.05) is 32.9 Å². The number of hydrogen-bond acceptors (Lipinski definition) is 0. The molecule has 0 saturated carbocycles. The summed E-state index contributed by atoms with van der Waals surface area (Å²) in [5, 5.41) is 4.97. The first-order chi connectivity index (χ1) is 31.3. The first-order valence-electron chi connectivity index (χ1n) is 21.8. The summed E-state index contributed by atoms with van der Waals surface area (Å²) >= 11 is 0. The predicted octanol–water partition coefficient (Wildman–Crippen LogP) is 15.6. The Morgan fingerprint density at radius 2 is 0.746 bits per heavy atom. The predicted molar refractivity (Wildman–Crippen MR) is 263 cm³/mol. The van der Waals surface area contributed by atoms with Crippen LogP contribution < -0.4 is 0 Å². The van der Waals surface area contributed by atoms with Gasteiger partial charge in [-0.05, 0) is 110 Å². The molecule has 0 saturated heterocycles. The van der Waals surface area contributed by atoms with Crippen LogP contribution in [0.4, 0.5) is 0 Å². The molecule has 0 aliphatic heterocycles. The summed E-state index contributed by atoms with van der Waals surface area (Å²) in [5.74, 6) is 0. The highest BCUT2D eigenvalue weighted by atomic mass is 15.0. The molecule has 0 spiro atoms. The molecule has 2 aromatic heterocycles. The van der Waals surface area contributed by atoms with E-state index >= 15 is 0 Å². The lowest BCUT2D eigenvalue weighted by molar-refractivity contribution is 0.770. The highest BCUT2D eigenvalue weighted by Crippen LogP contribution is 2.56. The van der Waals surface area contributed by atoms with E-state index in [-0.39, 0.29) is 0 Å². The van der Waals surface area contributed by atoms with E-state index in [0.29, 0.717) is 0 Å². The zero-order valence-corrected chi connectivity index (χ0v) is 34.5. The van der Waals surface area contributed by atoms with Gasteiger partial charge in [-0.2, -0.15) is 0 Å². The molecular weight excluding hydrogens is 761 g/mol. The summed E-state index contributed by atoms with van der Waals surface area (Å²) in [6.45, 7) is 0. The van der Waals surface area contributed by atoms with Gasteiger partial charge in [-0.15, -0.1) is 0 Å². The highest BCUT2D eigenvalue weighted by Gasteiger charge is 2.46. The fraction of sp³-hybridized carbons (Fsp3) is 0.0164. The van der Waals surface area contributed by atoms with E-state index in [0.717, 1.165) is 11.4 Å². The standard InChI is InChI=1S/C61H40N2/c1-4-17-41(18-5-1)42-19-16-24-48(37-42)63-57-30-15-12-27-51(57)52-34-31-43(38-59(52)63)44-32-35-53-54-40-46(33-36-58(54)62(60(53)39-44)47-22-8-3-9-23-47)61(45-20-6-2-7-21-45)55-28-13-10-25-49(55)50-26-11-14-29-56(50)61/h1-40H. The van der Waals surface area contributed by atoms with Crippen molar-refractivity contribution in [3.05, 3.63) is 265 Å². The van der Waals surface area contributed by atoms with Crippen LogP contribution in [0.15, 0.2) is 243 Å². The largest absolute Gasteiger partial charge is 0.309 e. The monoisotopic (exact) mass is 800 g/mol. The van der Waals surface area contributed by atoms with Crippen LogP contribution in [0, 0.1) is 0 Å². The van der Waals surface area contributed by atoms with Crippen LogP contribution in [0.3, 0.4) is 0 Å². The molecule has 0 amide bonds. The molecule has 2 heteroatoms. The van der Waals surface area contributed by atoms with E-state index in [9.17, 15) is 0 Å². The Bertz CT molecular complexity index is 3680. The van der Waals surface area contributed by atoms with Crippen molar-refractivity contribution < 1.29 is 0 Å². The molecule has 294 valence electrons. The molecule has 0 bridgehead atoms. The SMILES string of the molecule is c1ccc(-c2cccc(-n3c4ccccc4c4ccc(-c5ccc6c7cc(C8(c9ccccc9)c9ccccc9-c9ccccc98)ccc7n(-c7ccccc7)c6c5)cc43)c2)cc1. The van der Waals surface area contributed by atoms with Crippen molar-refractivity contribution in [2.24, 2.45) is 0 Å². The summed E-state index contributed by atoms with van der Waals surface area (Å²) in [4.78, 5) is 0. The van der Waals surface area contributed by atoms with Gasteiger partial charge in [0.2, 0.25) is 0 Å². The lowest BCUT2D eigenvalue weighted by Crippen LogP contribution is -2.28. The Balaban J connectivity index is 1.03. The fourth-order valence-corrected chi connectivity index (χ4v) is 10.9. The molecule has 63 heavy (non-hydrogen) atoms. The number of para-hydroxylation sites is 2. The van der Waals surface area contributed by atoms with Crippen LogP contribution in [0.1, 0.15) is 22.3 Å². The third-order valence-electron chi connectivity index (χ3n) is 13.6. The zero-order chi connectivity index (χ0) is 41.5. The molecule has 1 aliphatic carbocycles. The van der Waals surface area contributed by atoms with Crippen molar-refractivity contribution in [2.75, 3.05) is 0 Å². The molecule has 2 nitrogen and oxygen atoms in total. The molecule has 13 rings (SSSR count). The molecule has 12 aromatic rings. The quantitative estimate of drug-likeness (QED) is 0.159. The van der Waals surface area contributed by atoms with Crippen LogP contribution in [0.25, 0.3) is 88.4 Å². The van der Waals surface area contributed by atoms with E-state index in [1.807, 2.05) is 0 Å². The normalized spacial score (nSPS) is 12.9. The van der Waals surface area contributed by atoms with Gasteiger partial charge in [0.05, 0.1) is 27.5 Å². The number of rotatable bonds is 6. The average Bonchev–Trinajstić information content (AvgIpc) is 3.98. The highest BCUT2D eigenvalue weighted by molar-refractivity contribution is 6.12. The van der Waals surface area contributed by atoms with Crippen molar-refractivity contribution >= 4 is 43.6 Å². The van der Waals surface area contributed by atoms with Gasteiger partial charge in [0.25, 0.3) is 0 Å². The zero-order valence-electron chi connectivity index (χ0n) is 34.5. The van der Waals surface area contributed by atoms with Crippen molar-refractivity contribution in [3.8, 4) is 44.8 Å². The third-order valence-corrected chi connectivity index (χ3v) is 13.6. The smallest absolute Gasteiger partial charge is 0.0713 e. The Kier molecular flexibility index (Phi) is 7.85. The topological polar surface area (TPSA) is 9.86 Å². The average molecular weight is 801 g/mol. The van der Waals surface area contributed by atoms with Gasteiger partial charge in [0.15, 0.2) is 0 Å². The summed E-state index contributed by atoms with van der Waals surface area (Å²) in [6, 6.07) is 89.6. The second-order valence-electron chi connectivity index (χ2n) is 16.8. The van der Waals surface area contributed by atoms with Crippen LogP contribution >= 0.6 is 0 Å². The third kappa shape index (κ3) is 5.25. The molecule has 10 aromatic carbocycles. The minimum Gasteiger partial charge on any atom is -0.309 e. The summed E-state index contributed by atoms with van der Waals surface area (Å²) in [7, 11) is 0. The maximum atomic E-state index is 2.48. The lowest BCUT2D eigenvalue weighted by atomic mass is 9.67. The Morgan fingerprint density at radius 1 is 0.254 bits per heavy atom. The molecule has 0 N–H and O–H groups in total. The summed E-state index contributed by atoms with van der Waals surface area (Å²) < 4.78 is 4.89. The van der Waals surface area contributed by atoms with E-state index in [1.54, 1.807) is 0 Å². The molecule has 1 aliphatic rings. The Morgan fingerprint density at radius 3 is 1.44 bits per heavy atom. The molecular formula is C61H40N2. The van der Waals surface area contributed by atoms with E-state index in [1.165, 1.54) is 99.2 Å². The number of aromatic nitrogens is 2. The molecule has 2 heterocycles. The number of fused-ring (bicyclic) bond motifs is 9. The second kappa shape index (κ2) is 13.9. The van der Waals surface area contributed by atoms with Crippen molar-refractivity contribution in [3.63, 3.8) is 0 Å². The lowest BCUT2D eigenvalue weighted by Gasteiger charge is -2.34. The first kappa shape index (κ1) is 35.5. The van der Waals surface area contributed by atoms with E-state index in [2.05, 4.69) is 252 Å². The van der Waals surface area contributed by atoms with Gasteiger partial charge in [-0.25, -0.2) is 0 Å². The van der Waals surface area contributed by atoms with E-state index < -0.39 is 5.41 Å². The van der Waals surface area contributed by atoms with Gasteiger partial charge >= 0.3 is 0 Å². The molecule has 0 fully saturated rings. The minimum absolute atomic E-state index is 0.474. The van der Waals surface area contributed by atoms with E-state index in [4.69, 9.17) is 0 Å². The van der Waals surface area contributed by atoms with Gasteiger partial charge in [-0.1, -0.05) is 188 Å². The van der Waals surface area contributed by atoms with Gasteiger partial charge in [-0.3, -0.25) is 0 Å². The van der Waals surface area contributed by atoms with Crippen LogP contribution in [-0.4, -0.2) is 9.13 Å². The van der Waals surface area contributed by atoms with Gasteiger partial charge in [0.1, 0.15) is 0 Å². The fourth-order valence-electron chi connectivity index (χ4n) is 10.9. The minimum atomic E-state index is -0.474. The molecule has 0 atom stereocenters. The number of nitrogens with zero attached hydrogens (tertiary/aromatic N) is 2. The number of benzene rings is 10. The maximum Gasteiger partial charge on any atom is 0.0713 e. The summed E-state index contributed by atoms with van der Waals surface area (Å²) in [5.41, 5.74) is 19.1. The maximum absolute atomic E-state index is 2.48. The summed E-state index contributed by atoms with van der Waals surface area (Å²) in [6.07, 6.45) is 0. The Labute approximate surface area is 366 Å².